The molecule has 5 heteroatoms. The van der Waals surface area contributed by atoms with Gasteiger partial charge < -0.3 is 10.2 Å². The summed E-state index contributed by atoms with van der Waals surface area (Å²) in [6.45, 7) is 0.459. The first-order chi connectivity index (χ1) is 15.1. The van der Waals surface area contributed by atoms with E-state index in [4.69, 9.17) is 0 Å². The average molecular weight is 409 g/mol. The number of benzene rings is 3. The Hall–Kier alpha value is -3.99. The highest BCUT2D eigenvalue weighted by Crippen LogP contribution is 2.19. The second kappa shape index (κ2) is 9.22. The molecule has 0 radical (unpaired) electrons. The Kier molecular flexibility index (Phi) is 6.03. The van der Waals surface area contributed by atoms with Gasteiger partial charge in [-0.05, 0) is 35.4 Å². The summed E-state index contributed by atoms with van der Waals surface area (Å²) in [4.78, 5) is 32.3. The summed E-state index contributed by atoms with van der Waals surface area (Å²) < 4.78 is 0. The van der Waals surface area contributed by atoms with Gasteiger partial charge in [-0.25, -0.2) is 0 Å². The number of aromatic nitrogens is 1. The first-order valence-corrected chi connectivity index (χ1v) is 10.1. The van der Waals surface area contributed by atoms with E-state index >= 15 is 0 Å². The van der Waals surface area contributed by atoms with Gasteiger partial charge >= 0.3 is 0 Å². The quantitative estimate of drug-likeness (QED) is 0.515. The Morgan fingerprint density at radius 2 is 1.61 bits per heavy atom. The van der Waals surface area contributed by atoms with Crippen molar-refractivity contribution in [3.63, 3.8) is 0 Å². The molecule has 0 fully saturated rings. The highest BCUT2D eigenvalue weighted by atomic mass is 16.2. The van der Waals surface area contributed by atoms with Crippen LogP contribution in [0.5, 0.6) is 0 Å². The predicted molar refractivity (Wildman–Crippen MR) is 121 cm³/mol. The van der Waals surface area contributed by atoms with Crippen LogP contribution >= 0.6 is 0 Å². The molecule has 0 aliphatic heterocycles. The second-order valence-electron chi connectivity index (χ2n) is 7.41. The summed E-state index contributed by atoms with van der Waals surface area (Å²) in [6, 6.07) is 27.4. The zero-order valence-corrected chi connectivity index (χ0v) is 17.2. The number of hydrogen-bond donors (Lipinski definition) is 1. The summed E-state index contributed by atoms with van der Waals surface area (Å²) in [5.41, 5.74) is 3.07. The molecule has 0 saturated carbocycles. The van der Waals surface area contributed by atoms with Gasteiger partial charge in [0.05, 0.1) is 5.52 Å². The first-order valence-electron chi connectivity index (χ1n) is 10.1. The van der Waals surface area contributed by atoms with Crippen molar-refractivity contribution in [1.82, 2.24) is 15.2 Å². The van der Waals surface area contributed by atoms with E-state index in [1.165, 1.54) is 0 Å². The van der Waals surface area contributed by atoms with Crippen molar-refractivity contribution in [2.24, 2.45) is 0 Å². The number of likely N-dealkylation sites (N-methyl/N-ethyl adjacent to an activating group) is 1. The van der Waals surface area contributed by atoms with Crippen molar-refractivity contribution in [1.29, 1.82) is 0 Å². The number of rotatable bonds is 6. The summed E-state index contributed by atoms with van der Waals surface area (Å²) in [7, 11) is 1.75. The highest BCUT2D eigenvalue weighted by molar-refractivity contribution is 6.00. The summed E-state index contributed by atoms with van der Waals surface area (Å²) in [5.74, 6) is -0.480. The number of nitrogens with zero attached hydrogens (tertiary/aromatic N) is 2. The first kappa shape index (κ1) is 20.3. The van der Waals surface area contributed by atoms with Gasteiger partial charge in [0.2, 0.25) is 5.91 Å². The third-order valence-electron chi connectivity index (χ3n) is 5.16. The van der Waals surface area contributed by atoms with Gasteiger partial charge in [-0.1, -0.05) is 66.7 Å². The molecule has 31 heavy (non-hydrogen) atoms. The van der Waals surface area contributed by atoms with Crippen LogP contribution in [0.25, 0.3) is 10.9 Å². The van der Waals surface area contributed by atoms with Gasteiger partial charge in [-0.3, -0.25) is 14.6 Å². The third kappa shape index (κ3) is 4.78. The van der Waals surface area contributed by atoms with Gasteiger partial charge in [-0.2, -0.15) is 0 Å². The Morgan fingerprint density at radius 1 is 0.903 bits per heavy atom. The fraction of sp³-hybridized carbons (Fsp3) is 0.115. The van der Waals surface area contributed by atoms with E-state index in [1.54, 1.807) is 30.3 Å². The minimum Gasteiger partial charge on any atom is -0.339 e. The lowest BCUT2D eigenvalue weighted by Gasteiger charge is -2.25. The topological polar surface area (TPSA) is 62.3 Å². The summed E-state index contributed by atoms with van der Waals surface area (Å²) in [6.07, 6.45) is 1.72. The predicted octanol–water partition coefficient (Wildman–Crippen LogP) is 4.36. The molecule has 1 N–H and O–H groups in total. The van der Waals surface area contributed by atoms with Crippen LogP contribution in [0, 0.1) is 0 Å². The maximum absolute atomic E-state index is 13.3. The fourth-order valence-corrected chi connectivity index (χ4v) is 3.52. The molecule has 3 aromatic carbocycles. The molecule has 0 spiro atoms. The van der Waals surface area contributed by atoms with Crippen LogP contribution in [0.4, 0.5) is 0 Å². The third-order valence-corrected chi connectivity index (χ3v) is 5.16. The lowest BCUT2D eigenvalue weighted by atomic mass is 10.0. The molecule has 4 aromatic rings. The van der Waals surface area contributed by atoms with Gasteiger partial charge in [-0.15, -0.1) is 0 Å². The monoisotopic (exact) mass is 409 g/mol. The normalized spacial score (nSPS) is 11.6. The second-order valence-corrected chi connectivity index (χ2v) is 7.41. The molecule has 1 aromatic heterocycles. The van der Waals surface area contributed by atoms with Crippen LogP contribution in [-0.2, 0) is 11.3 Å². The minimum absolute atomic E-state index is 0.175. The van der Waals surface area contributed by atoms with E-state index in [1.807, 2.05) is 78.9 Å². The standard InChI is InChI=1S/C26H23N3O2/c1-29(18-19-9-4-2-5-10-19)26(31)24(20-11-6-3-7-12-20)28-25(30)22-14-15-23-21(17-22)13-8-16-27-23/h2-17,24H,18H2,1H3,(H,28,30). The van der Waals surface area contributed by atoms with Crippen LogP contribution in [0.3, 0.4) is 0 Å². The molecular formula is C26H23N3O2. The van der Waals surface area contributed by atoms with Crippen LogP contribution < -0.4 is 5.32 Å². The number of pyridine rings is 1. The minimum atomic E-state index is -0.785. The maximum Gasteiger partial charge on any atom is 0.252 e. The Balaban J connectivity index is 1.58. The molecule has 1 unspecified atom stereocenters. The number of hydrogen-bond acceptors (Lipinski definition) is 3. The lowest BCUT2D eigenvalue weighted by molar-refractivity contribution is -0.132. The van der Waals surface area contributed by atoms with E-state index in [2.05, 4.69) is 10.3 Å². The molecule has 1 atom stereocenters. The van der Waals surface area contributed by atoms with Crippen LogP contribution in [-0.4, -0.2) is 28.7 Å². The van der Waals surface area contributed by atoms with Crippen molar-refractivity contribution in [2.45, 2.75) is 12.6 Å². The molecule has 1 heterocycles. The molecule has 2 amide bonds. The van der Waals surface area contributed by atoms with E-state index in [9.17, 15) is 9.59 Å². The maximum atomic E-state index is 13.3. The van der Waals surface area contributed by atoms with Crippen molar-refractivity contribution < 1.29 is 9.59 Å². The molecule has 0 bridgehead atoms. The van der Waals surface area contributed by atoms with Gasteiger partial charge in [0, 0.05) is 30.7 Å². The number of fused-ring (bicyclic) bond motifs is 1. The Morgan fingerprint density at radius 3 is 2.35 bits per heavy atom. The molecule has 4 rings (SSSR count). The zero-order chi connectivity index (χ0) is 21.6. The lowest BCUT2D eigenvalue weighted by Crippen LogP contribution is -2.41. The number of carbonyl (C=O) groups excluding carboxylic acids is 2. The van der Waals surface area contributed by atoms with Crippen LogP contribution in [0.1, 0.15) is 27.5 Å². The molecule has 154 valence electrons. The van der Waals surface area contributed by atoms with Crippen molar-refractivity contribution in [3.8, 4) is 0 Å². The summed E-state index contributed by atoms with van der Waals surface area (Å²) >= 11 is 0. The van der Waals surface area contributed by atoms with E-state index in [0.29, 0.717) is 12.1 Å². The molecule has 0 aliphatic rings. The molecular weight excluding hydrogens is 386 g/mol. The van der Waals surface area contributed by atoms with Crippen molar-refractivity contribution in [2.75, 3.05) is 7.05 Å². The Bertz CT molecular complexity index is 1190. The zero-order valence-electron chi connectivity index (χ0n) is 17.2. The summed E-state index contributed by atoms with van der Waals surface area (Å²) in [5, 5.41) is 3.80. The average Bonchev–Trinajstić information content (AvgIpc) is 2.82. The molecule has 0 aliphatic carbocycles. The number of carbonyl (C=O) groups is 2. The largest absolute Gasteiger partial charge is 0.339 e. The van der Waals surface area contributed by atoms with Crippen molar-refractivity contribution in [3.05, 3.63) is 114 Å². The van der Waals surface area contributed by atoms with Crippen LogP contribution in [0.2, 0.25) is 0 Å². The molecule has 5 nitrogen and oxygen atoms in total. The highest BCUT2D eigenvalue weighted by Gasteiger charge is 2.26. The van der Waals surface area contributed by atoms with E-state index in [0.717, 1.165) is 22.0 Å². The van der Waals surface area contributed by atoms with Gasteiger partial charge in [0.25, 0.3) is 5.91 Å². The number of nitrogens with one attached hydrogen (secondary N) is 1. The SMILES string of the molecule is CN(Cc1ccccc1)C(=O)C(NC(=O)c1ccc2ncccc2c1)c1ccccc1. The van der Waals surface area contributed by atoms with Gasteiger partial charge in [0.1, 0.15) is 6.04 Å². The molecule has 0 saturated heterocycles. The van der Waals surface area contributed by atoms with Gasteiger partial charge in [0.15, 0.2) is 0 Å². The van der Waals surface area contributed by atoms with E-state index in [-0.39, 0.29) is 11.8 Å². The van der Waals surface area contributed by atoms with E-state index < -0.39 is 6.04 Å². The fourth-order valence-electron chi connectivity index (χ4n) is 3.52. The van der Waals surface area contributed by atoms with Crippen LogP contribution in [0.15, 0.2) is 97.2 Å². The smallest absolute Gasteiger partial charge is 0.252 e. The Labute approximate surface area is 181 Å². The van der Waals surface area contributed by atoms with Crippen molar-refractivity contribution >= 4 is 22.7 Å². The number of amides is 2.